The highest BCUT2D eigenvalue weighted by atomic mass is 16.6. The van der Waals surface area contributed by atoms with Crippen molar-refractivity contribution in [3.63, 3.8) is 0 Å². The zero-order valence-corrected chi connectivity index (χ0v) is 11.3. The van der Waals surface area contributed by atoms with Crippen LogP contribution in [-0.4, -0.2) is 41.0 Å². The molecule has 5 nitrogen and oxygen atoms in total. The lowest BCUT2D eigenvalue weighted by molar-refractivity contribution is -0.384. The predicted molar refractivity (Wildman–Crippen MR) is 74.5 cm³/mol. The van der Waals surface area contributed by atoms with Gasteiger partial charge in [0.25, 0.3) is 5.69 Å². The third-order valence-electron chi connectivity index (χ3n) is 4.32. The summed E-state index contributed by atoms with van der Waals surface area (Å²) in [5, 5.41) is 10.8. The minimum absolute atomic E-state index is 0.181. The van der Waals surface area contributed by atoms with Gasteiger partial charge in [0.15, 0.2) is 0 Å². The molecule has 0 radical (unpaired) electrons. The maximum absolute atomic E-state index is 10.8. The van der Waals surface area contributed by atoms with E-state index >= 15 is 0 Å². The summed E-state index contributed by atoms with van der Waals surface area (Å²) in [4.78, 5) is 15.4. The third-order valence-corrected chi connectivity index (χ3v) is 4.32. The Morgan fingerprint density at radius 2 is 2.11 bits per heavy atom. The van der Waals surface area contributed by atoms with E-state index in [1.807, 2.05) is 6.07 Å². The van der Waals surface area contributed by atoms with E-state index in [0.29, 0.717) is 18.1 Å². The largest absolute Gasteiger partial charge is 0.365 e. The van der Waals surface area contributed by atoms with E-state index in [9.17, 15) is 10.1 Å². The minimum atomic E-state index is -0.321. The molecule has 0 saturated carbocycles. The number of non-ortho nitro benzene ring substituents is 1. The second-order valence-corrected chi connectivity index (χ2v) is 5.76. The van der Waals surface area contributed by atoms with Gasteiger partial charge in [-0.2, -0.15) is 0 Å². The van der Waals surface area contributed by atoms with E-state index in [1.165, 1.54) is 6.42 Å². The van der Waals surface area contributed by atoms with Crippen molar-refractivity contribution in [3.8, 4) is 0 Å². The Balaban J connectivity index is 1.80. The van der Waals surface area contributed by atoms with Crippen molar-refractivity contribution in [2.75, 3.05) is 18.0 Å². The Hall–Kier alpha value is -1.62. The van der Waals surface area contributed by atoms with Crippen molar-refractivity contribution in [3.05, 3.63) is 34.4 Å². The van der Waals surface area contributed by atoms with E-state index in [4.69, 9.17) is 0 Å². The number of hydrogen-bond acceptors (Lipinski definition) is 4. The molecule has 102 valence electrons. The van der Waals surface area contributed by atoms with E-state index in [-0.39, 0.29) is 10.6 Å². The lowest BCUT2D eigenvalue weighted by Gasteiger charge is -2.37. The van der Waals surface area contributed by atoms with Crippen LogP contribution in [0.25, 0.3) is 0 Å². The Kier molecular flexibility index (Phi) is 2.93. The number of benzene rings is 1. The summed E-state index contributed by atoms with van der Waals surface area (Å²) in [5.41, 5.74) is 1.17. The second-order valence-electron chi connectivity index (χ2n) is 5.76. The first-order valence-corrected chi connectivity index (χ1v) is 6.83. The summed E-state index contributed by atoms with van der Waals surface area (Å²) < 4.78 is 0. The lowest BCUT2D eigenvalue weighted by atomic mass is 10.2. The van der Waals surface area contributed by atoms with Crippen LogP contribution in [-0.2, 0) is 0 Å². The Bertz CT molecular complexity index is 503. The molecule has 2 aliphatic heterocycles. The molecule has 1 aromatic carbocycles. The van der Waals surface area contributed by atoms with Crippen molar-refractivity contribution in [2.24, 2.45) is 0 Å². The maximum atomic E-state index is 10.8. The first-order valence-electron chi connectivity index (χ1n) is 6.83. The molecule has 0 unspecified atom stereocenters. The zero-order valence-electron chi connectivity index (χ0n) is 11.3. The number of nitro benzene ring substituents is 1. The molecule has 0 aliphatic carbocycles. The van der Waals surface area contributed by atoms with Crippen LogP contribution >= 0.6 is 0 Å². The maximum Gasteiger partial charge on any atom is 0.271 e. The fourth-order valence-electron chi connectivity index (χ4n) is 3.43. The Morgan fingerprint density at radius 1 is 1.32 bits per heavy atom. The van der Waals surface area contributed by atoms with Gasteiger partial charge in [-0.1, -0.05) is 6.07 Å². The number of hydrogen-bond donors (Lipinski definition) is 0. The molecule has 2 aliphatic rings. The van der Waals surface area contributed by atoms with Gasteiger partial charge in [0.05, 0.1) is 4.92 Å². The quantitative estimate of drug-likeness (QED) is 0.618. The Labute approximate surface area is 113 Å². The SMILES string of the molecule is CC(C)N1C[C@@H]2C[C@H]1CN2c1cccc([N+](=O)[O-])c1. The summed E-state index contributed by atoms with van der Waals surface area (Å²) in [6, 6.07) is 8.70. The summed E-state index contributed by atoms with van der Waals surface area (Å²) in [6.45, 7) is 6.53. The van der Waals surface area contributed by atoms with Gasteiger partial charge in [0.2, 0.25) is 0 Å². The lowest BCUT2D eigenvalue weighted by Crippen LogP contribution is -2.48. The summed E-state index contributed by atoms with van der Waals surface area (Å²) in [5.74, 6) is 0. The third kappa shape index (κ3) is 2.08. The van der Waals surface area contributed by atoms with Crippen LogP contribution in [0.15, 0.2) is 24.3 Å². The van der Waals surface area contributed by atoms with Gasteiger partial charge in [0, 0.05) is 49.0 Å². The predicted octanol–water partition coefficient (Wildman–Crippen LogP) is 2.27. The van der Waals surface area contributed by atoms with Crippen LogP contribution < -0.4 is 4.90 Å². The van der Waals surface area contributed by atoms with Crippen molar-refractivity contribution in [2.45, 2.75) is 38.4 Å². The van der Waals surface area contributed by atoms with E-state index in [0.717, 1.165) is 18.8 Å². The smallest absolute Gasteiger partial charge is 0.271 e. The molecule has 2 heterocycles. The molecule has 0 spiro atoms. The van der Waals surface area contributed by atoms with E-state index in [2.05, 4.69) is 23.6 Å². The summed E-state index contributed by atoms with van der Waals surface area (Å²) in [7, 11) is 0. The summed E-state index contributed by atoms with van der Waals surface area (Å²) >= 11 is 0. The van der Waals surface area contributed by atoms with Gasteiger partial charge in [-0.05, 0) is 26.3 Å². The fraction of sp³-hybridized carbons (Fsp3) is 0.571. The Morgan fingerprint density at radius 3 is 2.68 bits per heavy atom. The number of likely N-dealkylation sites (tertiary alicyclic amines) is 1. The molecule has 2 atom stereocenters. The highest BCUT2D eigenvalue weighted by molar-refractivity contribution is 5.55. The highest BCUT2D eigenvalue weighted by Gasteiger charge is 2.44. The fourth-order valence-corrected chi connectivity index (χ4v) is 3.43. The van der Waals surface area contributed by atoms with Crippen molar-refractivity contribution in [1.29, 1.82) is 0 Å². The highest BCUT2D eigenvalue weighted by Crippen LogP contribution is 2.36. The van der Waals surface area contributed by atoms with Gasteiger partial charge in [-0.25, -0.2) is 0 Å². The molecule has 0 aromatic heterocycles. The number of nitro groups is 1. The van der Waals surface area contributed by atoms with Crippen LogP contribution in [0.2, 0.25) is 0 Å². The standard InChI is InChI=1S/C14H19N3O2/c1-10(2)15-8-14-7-13(15)9-16(14)11-4-3-5-12(6-11)17(18)19/h3-6,10,13-14H,7-9H2,1-2H3/t13-,14-/m0/s1. The molecule has 5 heteroatoms. The van der Waals surface area contributed by atoms with Gasteiger partial charge in [-0.15, -0.1) is 0 Å². The van der Waals surface area contributed by atoms with Crippen LogP contribution in [0, 0.1) is 10.1 Å². The number of rotatable bonds is 3. The van der Waals surface area contributed by atoms with Gasteiger partial charge in [-0.3, -0.25) is 15.0 Å². The average molecular weight is 261 g/mol. The number of piperazine rings is 1. The van der Waals surface area contributed by atoms with Crippen LogP contribution in [0.5, 0.6) is 0 Å². The van der Waals surface area contributed by atoms with Crippen molar-refractivity contribution in [1.82, 2.24) is 4.90 Å². The number of nitrogens with zero attached hydrogens (tertiary/aromatic N) is 3. The number of anilines is 1. The van der Waals surface area contributed by atoms with Crippen molar-refractivity contribution >= 4 is 11.4 Å². The minimum Gasteiger partial charge on any atom is -0.365 e. The van der Waals surface area contributed by atoms with E-state index < -0.39 is 0 Å². The molecule has 0 amide bonds. The second kappa shape index (κ2) is 4.49. The molecule has 19 heavy (non-hydrogen) atoms. The average Bonchev–Trinajstić information content (AvgIpc) is 2.98. The normalized spacial score (nSPS) is 26.4. The molecule has 2 fully saturated rings. The van der Waals surface area contributed by atoms with Gasteiger partial charge in [0.1, 0.15) is 0 Å². The first-order chi connectivity index (χ1) is 9.06. The van der Waals surface area contributed by atoms with Gasteiger partial charge >= 0.3 is 0 Å². The molecule has 1 aromatic rings. The molecule has 2 bridgehead atoms. The van der Waals surface area contributed by atoms with Crippen LogP contribution in [0.1, 0.15) is 20.3 Å². The number of fused-ring (bicyclic) bond motifs is 2. The topological polar surface area (TPSA) is 49.6 Å². The first kappa shape index (κ1) is 12.4. The molecular formula is C14H19N3O2. The molecule has 0 N–H and O–H groups in total. The molecule has 2 saturated heterocycles. The van der Waals surface area contributed by atoms with Crippen LogP contribution in [0.4, 0.5) is 11.4 Å². The molecule has 3 rings (SSSR count). The monoisotopic (exact) mass is 261 g/mol. The molecular weight excluding hydrogens is 242 g/mol. The van der Waals surface area contributed by atoms with E-state index in [1.54, 1.807) is 18.2 Å². The summed E-state index contributed by atoms with van der Waals surface area (Å²) in [6.07, 6.45) is 1.18. The van der Waals surface area contributed by atoms with Crippen LogP contribution in [0.3, 0.4) is 0 Å². The zero-order chi connectivity index (χ0) is 13.6. The van der Waals surface area contributed by atoms with Crippen molar-refractivity contribution < 1.29 is 4.92 Å². The van der Waals surface area contributed by atoms with Gasteiger partial charge < -0.3 is 4.90 Å².